The van der Waals surface area contributed by atoms with Gasteiger partial charge in [0.05, 0.1) is 11.2 Å². The summed E-state index contributed by atoms with van der Waals surface area (Å²) in [5, 5.41) is 8.59. The van der Waals surface area contributed by atoms with E-state index >= 15 is 0 Å². The molecule has 4 heteroatoms. The fraction of sp³-hybridized carbons (Fsp3) is 0.222. The summed E-state index contributed by atoms with van der Waals surface area (Å²) >= 11 is 0. The Morgan fingerprint density at radius 2 is 1.77 bits per heavy atom. The molecule has 0 aliphatic heterocycles. The standard InChI is InChI=1S/C18H19N3O/c1-12-8-4-6-10-16(12)19-18(22)14(3)21-17-11-7-5-9-15(17)13(2)20-21/h4-11,14H,1-3H3,(H,19,22)/t14-/m1/s1. The van der Waals surface area contributed by atoms with Crippen molar-refractivity contribution < 1.29 is 4.79 Å². The number of anilines is 1. The van der Waals surface area contributed by atoms with Gasteiger partial charge in [-0.25, -0.2) is 0 Å². The number of benzene rings is 2. The normalized spacial score (nSPS) is 12.3. The van der Waals surface area contributed by atoms with E-state index in [1.54, 1.807) is 4.68 Å². The first-order valence-electron chi connectivity index (χ1n) is 7.38. The minimum absolute atomic E-state index is 0.0671. The summed E-state index contributed by atoms with van der Waals surface area (Å²) in [6.07, 6.45) is 0. The molecule has 1 heterocycles. The molecule has 1 N–H and O–H groups in total. The van der Waals surface area contributed by atoms with Crippen LogP contribution in [-0.2, 0) is 4.79 Å². The van der Waals surface area contributed by atoms with Crippen LogP contribution in [0.4, 0.5) is 5.69 Å². The van der Waals surface area contributed by atoms with E-state index in [0.717, 1.165) is 27.8 Å². The van der Waals surface area contributed by atoms with Gasteiger partial charge in [-0.15, -0.1) is 0 Å². The lowest BCUT2D eigenvalue weighted by Gasteiger charge is -2.15. The van der Waals surface area contributed by atoms with Crippen molar-refractivity contribution in [3.63, 3.8) is 0 Å². The number of rotatable bonds is 3. The van der Waals surface area contributed by atoms with Gasteiger partial charge in [0.15, 0.2) is 0 Å². The number of aryl methyl sites for hydroxylation is 2. The van der Waals surface area contributed by atoms with E-state index in [1.165, 1.54) is 0 Å². The minimum Gasteiger partial charge on any atom is -0.324 e. The zero-order valence-corrected chi connectivity index (χ0v) is 13.0. The fourth-order valence-corrected chi connectivity index (χ4v) is 2.61. The molecular weight excluding hydrogens is 274 g/mol. The van der Waals surface area contributed by atoms with E-state index in [9.17, 15) is 4.79 Å². The van der Waals surface area contributed by atoms with Crippen molar-refractivity contribution in [1.29, 1.82) is 0 Å². The molecule has 0 saturated heterocycles. The lowest BCUT2D eigenvalue weighted by Crippen LogP contribution is -2.24. The number of fused-ring (bicyclic) bond motifs is 1. The number of carbonyl (C=O) groups excluding carboxylic acids is 1. The summed E-state index contributed by atoms with van der Waals surface area (Å²) in [4.78, 5) is 12.5. The average Bonchev–Trinajstić information content (AvgIpc) is 2.86. The smallest absolute Gasteiger partial charge is 0.248 e. The predicted molar refractivity (Wildman–Crippen MR) is 89.0 cm³/mol. The van der Waals surface area contributed by atoms with Crippen LogP contribution >= 0.6 is 0 Å². The molecule has 1 amide bonds. The first-order chi connectivity index (χ1) is 10.6. The molecule has 22 heavy (non-hydrogen) atoms. The molecule has 0 fully saturated rings. The summed E-state index contributed by atoms with van der Waals surface area (Å²) in [6.45, 7) is 5.81. The monoisotopic (exact) mass is 293 g/mol. The topological polar surface area (TPSA) is 46.9 Å². The molecule has 1 atom stereocenters. The van der Waals surface area contributed by atoms with E-state index in [2.05, 4.69) is 10.4 Å². The molecule has 0 aliphatic rings. The van der Waals surface area contributed by atoms with Crippen LogP contribution in [0.1, 0.15) is 24.2 Å². The second kappa shape index (κ2) is 5.64. The van der Waals surface area contributed by atoms with Crippen molar-refractivity contribution in [3.8, 4) is 0 Å². The second-order valence-corrected chi connectivity index (χ2v) is 5.53. The summed E-state index contributed by atoms with van der Waals surface area (Å²) in [5.74, 6) is -0.0671. The van der Waals surface area contributed by atoms with Gasteiger partial charge in [0, 0.05) is 11.1 Å². The number of nitrogens with one attached hydrogen (secondary N) is 1. The first-order valence-corrected chi connectivity index (χ1v) is 7.38. The number of carbonyl (C=O) groups is 1. The van der Waals surface area contributed by atoms with Crippen LogP contribution in [0.5, 0.6) is 0 Å². The highest BCUT2D eigenvalue weighted by Gasteiger charge is 2.19. The number of hydrogen-bond donors (Lipinski definition) is 1. The molecule has 3 aromatic rings. The molecule has 0 radical (unpaired) electrons. The third-order valence-electron chi connectivity index (χ3n) is 3.95. The first kappa shape index (κ1) is 14.3. The van der Waals surface area contributed by atoms with Crippen LogP contribution in [0.3, 0.4) is 0 Å². The Morgan fingerprint density at radius 1 is 1.09 bits per heavy atom. The summed E-state index contributed by atoms with van der Waals surface area (Å²) in [7, 11) is 0. The summed E-state index contributed by atoms with van der Waals surface area (Å²) in [6, 6.07) is 15.4. The molecule has 0 bridgehead atoms. The summed E-state index contributed by atoms with van der Waals surface area (Å²) < 4.78 is 1.79. The van der Waals surface area contributed by atoms with Crippen LogP contribution in [0.15, 0.2) is 48.5 Å². The van der Waals surface area contributed by atoms with Crippen LogP contribution in [0, 0.1) is 13.8 Å². The molecule has 0 aliphatic carbocycles. The van der Waals surface area contributed by atoms with Crippen molar-refractivity contribution in [2.75, 3.05) is 5.32 Å². The molecule has 1 aromatic heterocycles. The Bertz CT molecular complexity index is 835. The Hall–Kier alpha value is -2.62. The van der Waals surface area contributed by atoms with E-state index < -0.39 is 0 Å². The number of para-hydroxylation sites is 2. The zero-order valence-electron chi connectivity index (χ0n) is 13.0. The van der Waals surface area contributed by atoms with Gasteiger partial charge in [0.1, 0.15) is 6.04 Å². The number of amides is 1. The second-order valence-electron chi connectivity index (χ2n) is 5.53. The highest BCUT2D eigenvalue weighted by Crippen LogP contribution is 2.22. The van der Waals surface area contributed by atoms with E-state index in [4.69, 9.17) is 0 Å². The van der Waals surface area contributed by atoms with Crippen LogP contribution in [-0.4, -0.2) is 15.7 Å². The third-order valence-corrected chi connectivity index (χ3v) is 3.95. The van der Waals surface area contributed by atoms with Crippen LogP contribution < -0.4 is 5.32 Å². The Kier molecular flexibility index (Phi) is 3.67. The van der Waals surface area contributed by atoms with Gasteiger partial charge in [0.25, 0.3) is 0 Å². The van der Waals surface area contributed by atoms with Gasteiger partial charge in [0.2, 0.25) is 5.91 Å². The highest BCUT2D eigenvalue weighted by molar-refractivity contribution is 5.95. The van der Waals surface area contributed by atoms with Gasteiger partial charge < -0.3 is 5.32 Å². The number of hydrogen-bond acceptors (Lipinski definition) is 2. The lowest BCUT2D eigenvalue weighted by molar-refractivity contribution is -0.119. The maximum Gasteiger partial charge on any atom is 0.248 e. The van der Waals surface area contributed by atoms with E-state index in [1.807, 2.05) is 69.3 Å². The van der Waals surface area contributed by atoms with Gasteiger partial charge in [-0.2, -0.15) is 5.10 Å². The van der Waals surface area contributed by atoms with Gasteiger partial charge in [-0.05, 0) is 38.5 Å². The number of aromatic nitrogens is 2. The lowest BCUT2D eigenvalue weighted by atomic mass is 10.2. The van der Waals surface area contributed by atoms with E-state index in [0.29, 0.717) is 0 Å². The van der Waals surface area contributed by atoms with Gasteiger partial charge >= 0.3 is 0 Å². The predicted octanol–water partition coefficient (Wildman–Crippen LogP) is 3.85. The number of nitrogens with zero attached hydrogens (tertiary/aromatic N) is 2. The molecule has 0 spiro atoms. The van der Waals surface area contributed by atoms with Crippen LogP contribution in [0.25, 0.3) is 10.9 Å². The third kappa shape index (κ3) is 2.48. The molecule has 112 valence electrons. The van der Waals surface area contributed by atoms with Crippen molar-refractivity contribution >= 4 is 22.5 Å². The van der Waals surface area contributed by atoms with Gasteiger partial charge in [-0.3, -0.25) is 9.48 Å². The molecular formula is C18H19N3O. The molecule has 2 aromatic carbocycles. The maximum absolute atomic E-state index is 12.5. The van der Waals surface area contributed by atoms with Crippen molar-refractivity contribution in [2.45, 2.75) is 26.8 Å². The summed E-state index contributed by atoms with van der Waals surface area (Å²) in [5.41, 5.74) is 3.80. The fourth-order valence-electron chi connectivity index (χ4n) is 2.61. The molecule has 0 unspecified atom stereocenters. The highest BCUT2D eigenvalue weighted by atomic mass is 16.2. The molecule has 4 nitrogen and oxygen atoms in total. The Balaban J connectivity index is 1.91. The van der Waals surface area contributed by atoms with E-state index in [-0.39, 0.29) is 11.9 Å². The SMILES string of the molecule is Cc1ccccc1NC(=O)[C@@H](C)n1nc(C)c2ccccc21. The van der Waals surface area contributed by atoms with Crippen molar-refractivity contribution in [1.82, 2.24) is 9.78 Å². The zero-order chi connectivity index (χ0) is 15.7. The quantitative estimate of drug-likeness (QED) is 0.797. The minimum atomic E-state index is -0.377. The maximum atomic E-state index is 12.5. The van der Waals surface area contributed by atoms with Crippen LogP contribution in [0.2, 0.25) is 0 Å². The Labute approximate surface area is 129 Å². The van der Waals surface area contributed by atoms with Gasteiger partial charge in [-0.1, -0.05) is 36.4 Å². The van der Waals surface area contributed by atoms with Crippen molar-refractivity contribution in [3.05, 3.63) is 59.8 Å². The van der Waals surface area contributed by atoms with Crippen molar-refractivity contribution in [2.24, 2.45) is 0 Å². The average molecular weight is 293 g/mol. The molecule has 0 saturated carbocycles. The largest absolute Gasteiger partial charge is 0.324 e. The Morgan fingerprint density at radius 3 is 2.55 bits per heavy atom. The molecule has 3 rings (SSSR count).